The number of rotatable bonds is 5. The SMILES string of the molecule is Cc1ccc(C(C)NC(=O)N(C)C(C)c2cccnc2)cc1[N+](=O)[O-]. The Hall–Kier alpha value is -2.96. The smallest absolute Gasteiger partial charge is 0.318 e. The molecule has 2 amide bonds. The maximum absolute atomic E-state index is 12.5. The molecule has 25 heavy (non-hydrogen) atoms. The van der Waals surface area contributed by atoms with E-state index in [1.165, 1.54) is 6.07 Å². The lowest BCUT2D eigenvalue weighted by Gasteiger charge is -2.27. The summed E-state index contributed by atoms with van der Waals surface area (Å²) in [5.41, 5.74) is 2.26. The zero-order valence-electron chi connectivity index (χ0n) is 14.8. The van der Waals surface area contributed by atoms with Crippen molar-refractivity contribution in [2.24, 2.45) is 0 Å². The van der Waals surface area contributed by atoms with Crippen LogP contribution in [0.1, 0.15) is 42.6 Å². The molecule has 0 saturated heterocycles. The van der Waals surface area contributed by atoms with Gasteiger partial charge in [-0.1, -0.05) is 18.2 Å². The molecule has 1 N–H and O–H groups in total. The van der Waals surface area contributed by atoms with Gasteiger partial charge in [0.05, 0.1) is 17.0 Å². The second-order valence-corrected chi connectivity index (χ2v) is 6.05. The Morgan fingerprint density at radius 3 is 2.60 bits per heavy atom. The summed E-state index contributed by atoms with van der Waals surface area (Å²) in [6.45, 7) is 5.40. The van der Waals surface area contributed by atoms with Crippen LogP contribution in [0.25, 0.3) is 0 Å². The number of carbonyl (C=O) groups is 1. The third-order valence-corrected chi connectivity index (χ3v) is 4.34. The van der Waals surface area contributed by atoms with Gasteiger partial charge in [0.25, 0.3) is 5.69 Å². The van der Waals surface area contributed by atoms with E-state index < -0.39 is 4.92 Å². The summed E-state index contributed by atoms with van der Waals surface area (Å²) in [6.07, 6.45) is 3.41. The lowest BCUT2D eigenvalue weighted by atomic mass is 10.0. The second kappa shape index (κ2) is 7.74. The summed E-state index contributed by atoms with van der Waals surface area (Å²) < 4.78 is 0. The monoisotopic (exact) mass is 342 g/mol. The Morgan fingerprint density at radius 2 is 2.00 bits per heavy atom. The van der Waals surface area contributed by atoms with Crippen LogP contribution in [0.2, 0.25) is 0 Å². The second-order valence-electron chi connectivity index (χ2n) is 6.05. The van der Waals surface area contributed by atoms with Crippen LogP contribution < -0.4 is 5.32 Å². The van der Waals surface area contributed by atoms with Gasteiger partial charge in [0, 0.05) is 31.1 Å². The van der Waals surface area contributed by atoms with Crippen LogP contribution in [0.15, 0.2) is 42.7 Å². The molecule has 0 fully saturated rings. The van der Waals surface area contributed by atoms with Crippen molar-refractivity contribution >= 4 is 11.7 Å². The summed E-state index contributed by atoms with van der Waals surface area (Å²) >= 11 is 0. The van der Waals surface area contributed by atoms with Gasteiger partial charge >= 0.3 is 6.03 Å². The highest BCUT2D eigenvalue weighted by Crippen LogP contribution is 2.24. The third kappa shape index (κ3) is 4.32. The lowest BCUT2D eigenvalue weighted by Crippen LogP contribution is -2.40. The van der Waals surface area contributed by atoms with Crippen LogP contribution in [-0.4, -0.2) is 27.9 Å². The number of urea groups is 1. The highest BCUT2D eigenvalue weighted by Gasteiger charge is 2.21. The van der Waals surface area contributed by atoms with Gasteiger partial charge in [0.2, 0.25) is 0 Å². The summed E-state index contributed by atoms with van der Waals surface area (Å²) in [4.78, 5) is 28.8. The van der Waals surface area contributed by atoms with Crippen molar-refractivity contribution in [1.29, 1.82) is 0 Å². The average molecular weight is 342 g/mol. The van der Waals surface area contributed by atoms with Gasteiger partial charge in [-0.3, -0.25) is 15.1 Å². The van der Waals surface area contributed by atoms with Crippen LogP contribution in [0.3, 0.4) is 0 Å². The van der Waals surface area contributed by atoms with Crippen molar-refractivity contribution < 1.29 is 9.72 Å². The first kappa shape index (κ1) is 18.4. The number of hydrogen-bond donors (Lipinski definition) is 1. The molecule has 1 heterocycles. The minimum atomic E-state index is -0.413. The molecule has 0 saturated carbocycles. The van der Waals surface area contributed by atoms with E-state index in [0.717, 1.165) is 5.56 Å². The fourth-order valence-corrected chi connectivity index (χ4v) is 2.49. The largest absolute Gasteiger partial charge is 0.331 e. The molecule has 0 spiro atoms. The zero-order valence-corrected chi connectivity index (χ0v) is 14.8. The molecule has 1 aromatic heterocycles. The molecule has 2 atom stereocenters. The van der Waals surface area contributed by atoms with Crippen LogP contribution in [0.4, 0.5) is 10.5 Å². The van der Waals surface area contributed by atoms with Crippen molar-refractivity contribution in [2.75, 3.05) is 7.05 Å². The van der Waals surface area contributed by atoms with E-state index >= 15 is 0 Å². The van der Waals surface area contributed by atoms with Gasteiger partial charge in [-0.05, 0) is 38.0 Å². The third-order valence-electron chi connectivity index (χ3n) is 4.34. The molecular weight excluding hydrogens is 320 g/mol. The number of nitrogens with one attached hydrogen (secondary N) is 1. The number of aryl methyl sites for hydroxylation is 1. The first-order valence-electron chi connectivity index (χ1n) is 7.99. The van der Waals surface area contributed by atoms with E-state index in [-0.39, 0.29) is 23.8 Å². The molecule has 7 heteroatoms. The molecule has 2 unspecified atom stereocenters. The van der Waals surface area contributed by atoms with E-state index in [2.05, 4.69) is 10.3 Å². The van der Waals surface area contributed by atoms with E-state index in [9.17, 15) is 14.9 Å². The van der Waals surface area contributed by atoms with E-state index in [1.54, 1.807) is 50.3 Å². The topological polar surface area (TPSA) is 88.4 Å². The minimum Gasteiger partial charge on any atom is -0.331 e. The van der Waals surface area contributed by atoms with Gasteiger partial charge in [-0.2, -0.15) is 0 Å². The summed E-state index contributed by atoms with van der Waals surface area (Å²) in [5, 5.41) is 14.0. The van der Waals surface area contributed by atoms with E-state index in [4.69, 9.17) is 0 Å². The Kier molecular flexibility index (Phi) is 5.69. The van der Waals surface area contributed by atoms with Crippen molar-refractivity contribution in [1.82, 2.24) is 15.2 Å². The quantitative estimate of drug-likeness (QED) is 0.662. The molecule has 0 aliphatic carbocycles. The number of aromatic nitrogens is 1. The molecule has 7 nitrogen and oxygen atoms in total. The molecule has 2 aromatic rings. The number of amides is 2. The van der Waals surface area contributed by atoms with E-state index in [1.807, 2.05) is 19.1 Å². The summed E-state index contributed by atoms with van der Waals surface area (Å²) in [5.74, 6) is 0. The predicted molar refractivity (Wildman–Crippen MR) is 95.2 cm³/mol. The van der Waals surface area contributed by atoms with Crippen LogP contribution >= 0.6 is 0 Å². The summed E-state index contributed by atoms with van der Waals surface area (Å²) in [6, 6.07) is 7.97. The van der Waals surface area contributed by atoms with Crippen LogP contribution in [0, 0.1) is 17.0 Å². The maximum atomic E-state index is 12.5. The van der Waals surface area contributed by atoms with Crippen LogP contribution in [-0.2, 0) is 0 Å². The standard InChI is InChI=1S/C18H22N4O3/c1-12-7-8-15(10-17(12)22(24)25)13(2)20-18(23)21(4)14(3)16-6-5-9-19-11-16/h5-11,13-14H,1-4H3,(H,20,23). The first-order chi connectivity index (χ1) is 11.8. The predicted octanol–water partition coefficient (Wildman–Crippen LogP) is 3.76. The number of hydrogen-bond acceptors (Lipinski definition) is 4. The van der Waals surface area contributed by atoms with Gasteiger partial charge in [0.15, 0.2) is 0 Å². The average Bonchev–Trinajstić information content (AvgIpc) is 2.61. The summed E-state index contributed by atoms with van der Waals surface area (Å²) in [7, 11) is 1.71. The number of nitrogens with zero attached hydrogens (tertiary/aromatic N) is 3. The van der Waals surface area contributed by atoms with Gasteiger partial charge < -0.3 is 10.2 Å². The molecule has 0 aliphatic rings. The molecule has 2 rings (SSSR count). The number of benzene rings is 1. The molecular formula is C18H22N4O3. The Balaban J connectivity index is 2.09. The number of nitro groups is 1. The zero-order chi connectivity index (χ0) is 18.6. The van der Waals surface area contributed by atoms with Crippen LogP contribution in [0.5, 0.6) is 0 Å². The Morgan fingerprint density at radius 1 is 1.28 bits per heavy atom. The Labute approximate surface area is 146 Å². The highest BCUT2D eigenvalue weighted by molar-refractivity contribution is 5.75. The van der Waals surface area contributed by atoms with Crippen molar-refractivity contribution in [2.45, 2.75) is 32.9 Å². The Bertz CT molecular complexity index is 764. The molecule has 0 bridgehead atoms. The lowest BCUT2D eigenvalue weighted by molar-refractivity contribution is -0.385. The van der Waals surface area contributed by atoms with Gasteiger partial charge in [-0.15, -0.1) is 0 Å². The molecule has 0 radical (unpaired) electrons. The normalized spacial score (nSPS) is 13.0. The number of pyridine rings is 1. The van der Waals surface area contributed by atoms with Crippen molar-refractivity contribution in [3.63, 3.8) is 0 Å². The van der Waals surface area contributed by atoms with Crippen molar-refractivity contribution in [3.05, 3.63) is 69.5 Å². The fourth-order valence-electron chi connectivity index (χ4n) is 2.49. The molecule has 132 valence electrons. The van der Waals surface area contributed by atoms with Crippen molar-refractivity contribution in [3.8, 4) is 0 Å². The number of carbonyl (C=O) groups excluding carboxylic acids is 1. The van der Waals surface area contributed by atoms with E-state index in [0.29, 0.717) is 11.1 Å². The highest BCUT2D eigenvalue weighted by atomic mass is 16.6. The van der Waals surface area contributed by atoms with Gasteiger partial charge in [-0.25, -0.2) is 4.79 Å². The minimum absolute atomic E-state index is 0.0516. The maximum Gasteiger partial charge on any atom is 0.318 e. The number of nitro benzene ring substituents is 1. The molecule has 1 aromatic carbocycles. The van der Waals surface area contributed by atoms with Gasteiger partial charge in [0.1, 0.15) is 0 Å². The first-order valence-corrected chi connectivity index (χ1v) is 7.99. The fraction of sp³-hybridized carbons (Fsp3) is 0.333. The molecule has 0 aliphatic heterocycles.